The van der Waals surface area contributed by atoms with Crippen LogP contribution < -0.4 is 0 Å². The van der Waals surface area contributed by atoms with Crippen molar-refractivity contribution in [2.75, 3.05) is 13.1 Å². The van der Waals surface area contributed by atoms with E-state index in [-0.39, 0.29) is 17.2 Å². The Morgan fingerprint density at radius 2 is 2.21 bits per heavy atom. The maximum atomic E-state index is 12.1. The number of hydrogen-bond donors (Lipinski definition) is 1. The third-order valence-electron chi connectivity index (χ3n) is 3.28. The zero-order valence-corrected chi connectivity index (χ0v) is 10.7. The van der Waals surface area contributed by atoms with E-state index in [1.807, 2.05) is 6.92 Å². The van der Waals surface area contributed by atoms with Crippen LogP contribution in [0.5, 0.6) is 0 Å². The quantitative estimate of drug-likeness (QED) is 0.661. The number of rotatable bonds is 4. The Kier molecular flexibility index (Phi) is 3.53. The second kappa shape index (κ2) is 4.97. The normalized spacial score (nSPS) is 16.8. The largest absolute Gasteiger partial charge is 0.386 e. The van der Waals surface area contributed by atoms with E-state index in [2.05, 4.69) is 0 Å². The molecule has 0 radical (unpaired) electrons. The van der Waals surface area contributed by atoms with Gasteiger partial charge in [-0.1, -0.05) is 19.4 Å². The van der Waals surface area contributed by atoms with Crippen LogP contribution in [0.1, 0.15) is 30.1 Å². The number of amides is 1. The zero-order chi connectivity index (χ0) is 14.0. The van der Waals surface area contributed by atoms with Crippen LogP contribution in [0, 0.1) is 10.1 Å². The summed E-state index contributed by atoms with van der Waals surface area (Å²) in [6.07, 6.45) is 1.51. The number of aliphatic hydroxyl groups is 1. The minimum Gasteiger partial charge on any atom is -0.386 e. The van der Waals surface area contributed by atoms with Gasteiger partial charge < -0.3 is 10.0 Å². The topological polar surface area (TPSA) is 83.7 Å². The molecule has 1 aromatic rings. The standard InChI is InChI=1S/C13H16N2O4/c1-2-6-13(17)8-14(9-13)12(16)10-4-3-5-11(7-10)15(18)19/h3-5,7,17H,2,6,8-9H2,1H3. The van der Waals surface area contributed by atoms with Gasteiger partial charge in [0.15, 0.2) is 0 Å². The number of β-amino-alcohol motifs (C(OH)–C–C–N with tert-alkyl or cyclic N) is 1. The highest BCUT2D eigenvalue weighted by molar-refractivity contribution is 5.95. The Morgan fingerprint density at radius 3 is 2.79 bits per heavy atom. The fraction of sp³-hybridized carbons (Fsp3) is 0.462. The molecule has 0 spiro atoms. The summed E-state index contributed by atoms with van der Waals surface area (Å²) in [5, 5.41) is 20.7. The molecule has 6 nitrogen and oxygen atoms in total. The van der Waals surface area contributed by atoms with Gasteiger partial charge >= 0.3 is 0 Å². The molecular weight excluding hydrogens is 248 g/mol. The van der Waals surface area contributed by atoms with Crippen LogP contribution in [-0.2, 0) is 0 Å². The van der Waals surface area contributed by atoms with Crippen molar-refractivity contribution in [3.8, 4) is 0 Å². The van der Waals surface area contributed by atoms with Crippen LogP contribution in [0.2, 0.25) is 0 Å². The van der Waals surface area contributed by atoms with E-state index in [4.69, 9.17) is 0 Å². The second-order valence-corrected chi connectivity index (χ2v) is 4.94. The van der Waals surface area contributed by atoms with Gasteiger partial charge in [0.25, 0.3) is 11.6 Å². The summed E-state index contributed by atoms with van der Waals surface area (Å²) in [5.74, 6) is -0.274. The van der Waals surface area contributed by atoms with E-state index >= 15 is 0 Å². The third kappa shape index (κ3) is 2.73. The number of carbonyl (C=O) groups is 1. The van der Waals surface area contributed by atoms with Crippen molar-refractivity contribution in [3.63, 3.8) is 0 Å². The Morgan fingerprint density at radius 1 is 1.53 bits per heavy atom. The SMILES string of the molecule is CCCC1(O)CN(C(=O)c2cccc([N+](=O)[O-])c2)C1. The third-order valence-corrected chi connectivity index (χ3v) is 3.28. The summed E-state index contributed by atoms with van der Waals surface area (Å²) in [5.41, 5.74) is -0.603. The average molecular weight is 264 g/mol. The highest BCUT2D eigenvalue weighted by atomic mass is 16.6. The van der Waals surface area contributed by atoms with Crippen molar-refractivity contribution in [1.29, 1.82) is 0 Å². The summed E-state index contributed by atoms with van der Waals surface area (Å²) in [6.45, 7) is 2.56. The van der Waals surface area contributed by atoms with Crippen molar-refractivity contribution in [2.24, 2.45) is 0 Å². The lowest BCUT2D eigenvalue weighted by Gasteiger charge is -2.46. The van der Waals surface area contributed by atoms with Gasteiger partial charge in [0.05, 0.1) is 23.6 Å². The molecule has 0 bridgehead atoms. The summed E-state index contributed by atoms with van der Waals surface area (Å²) < 4.78 is 0. The molecule has 0 saturated carbocycles. The minimum absolute atomic E-state index is 0.102. The molecular formula is C13H16N2O4. The first-order valence-corrected chi connectivity index (χ1v) is 6.21. The molecule has 1 fully saturated rings. The van der Waals surface area contributed by atoms with Gasteiger partial charge in [-0.05, 0) is 12.5 Å². The van der Waals surface area contributed by atoms with Gasteiger partial charge in [0, 0.05) is 17.7 Å². The lowest BCUT2D eigenvalue weighted by atomic mass is 9.89. The second-order valence-electron chi connectivity index (χ2n) is 4.94. The number of hydrogen-bond acceptors (Lipinski definition) is 4. The van der Waals surface area contributed by atoms with E-state index in [9.17, 15) is 20.0 Å². The Balaban J connectivity index is 2.06. The highest BCUT2D eigenvalue weighted by Gasteiger charge is 2.42. The molecule has 19 heavy (non-hydrogen) atoms. The number of nitro groups is 1. The van der Waals surface area contributed by atoms with Crippen LogP contribution in [0.3, 0.4) is 0 Å². The lowest BCUT2D eigenvalue weighted by molar-refractivity contribution is -0.384. The van der Waals surface area contributed by atoms with Crippen molar-refractivity contribution < 1.29 is 14.8 Å². The number of likely N-dealkylation sites (tertiary alicyclic amines) is 1. The van der Waals surface area contributed by atoms with E-state index in [0.29, 0.717) is 19.5 Å². The van der Waals surface area contributed by atoms with Crippen LogP contribution in [-0.4, -0.2) is 39.5 Å². The summed E-state index contributed by atoms with van der Waals surface area (Å²) in [6, 6.07) is 5.65. The first kappa shape index (κ1) is 13.5. The number of nitro benzene ring substituents is 1. The Labute approximate surface area is 110 Å². The molecule has 1 amide bonds. The molecule has 1 aromatic carbocycles. The first-order valence-electron chi connectivity index (χ1n) is 6.21. The number of benzene rings is 1. The zero-order valence-electron chi connectivity index (χ0n) is 10.7. The van der Waals surface area contributed by atoms with Crippen molar-refractivity contribution in [3.05, 3.63) is 39.9 Å². The predicted octanol–water partition coefficient (Wildman–Crippen LogP) is 1.58. The number of nitrogens with zero attached hydrogens (tertiary/aromatic N) is 2. The van der Waals surface area contributed by atoms with E-state index in [1.54, 1.807) is 6.07 Å². The van der Waals surface area contributed by atoms with E-state index in [0.717, 1.165) is 6.42 Å². The smallest absolute Gasteiger partial charge is 0.270 e. The molecule has 1 N–H and O–H groups in total. The lowest BCUT2D eigenvalue weighted by Crippen LogP contribution is -2.63. The first-order chi connectivity index (χ1) is 8.95. The molecule has 0 unspecified atom stereocenters. The molecule has 0 aliphatic carbocycles. The summed E-state index contributed by atoms with van der Waals surface area (Å²) >= 11 is 0. The molecule has 2 rings (SSSR count). The number of non-ortho nitro benzene ring substituents is 1. The van der Waals surface area contributed by atoms with E-state index in [1.165, 1.54) is 23.1 Å². The molecule has 0 aromatic heterocycles. The predicted molar refractivity (Wildman–Crippen MR) is 68.9 cm³/mol. The van der Waals surface area contributed by atoms with Crippen LogP contribution >= 0.6 is 0 Å². The maximum absolute atomic E-state index is 12.1. The van der Waals surface area contributed by atoms with Crippen molar-refractivity contribution >= 4 is 11.6 Å². The summed E-state index contributed by atoms with van der Waals surface area (Å²) in [7, 11) is 0. The molecule has 102 valence electrons. The molecule has 1 heterocycles. The van der Waals surface area contributed by atoms with Gasteiger partial charge in [-0.15, -0.1) is 0 Å². The van der Waals surface area contributed by atoms with Crippen LogP contribution in [0.25, 0.3) is 0 Å². The average Bonchev–Trinajstić information content (AvgIpc) is 2.35. The van der Waals surface area contributed by atoms with Crippen molar-refractivity contribution in [2.45, 2.75) is 25.4 Å². The van der Waals surface area contributed by atoms with Gasteiger partial charge in [-0.3, -0.25) is 14.9 Å². The monoisotopic (exact) mass is 264 g/mol. The van der Waals surface area contributed by atoms with Gasteiger partial charge in [0.2, 0.25) is 0 Å². The fourth-order valence-electron chi connectivity index (χ4n) is 2.37. The van der Waals surface area contributed by atoms with Crippen molar-refractivity contribution in [1.82, 2.24) is 4.90 Å². The minimum atomic E-state index is -0.787. The van der Waals surface area contributed by atoms with Crippen LogP contribution in [0.15, 0.2) is 24.3 Å². The number of carbonyl (C=O) groups excluding carboxylic acids is 1. The van der Waals surface area contributed by atoms with Gasteiger partial charge in [-0.2, -0.15) is 0 Å². The molecule has 1 saturated heterocycles. The Bertz CT molecular complexity index is 509. The van der Waals surface area contributed by atoms with E-state index < -0.39 is 10.5 Å². The maximum Gasteiger partial charge on any atom is 0.270 e. The van der Waals surface area contributed by atoms with Crippen LogP contribution in [0.4, 0.5) is 5.69 Å². The van der Waals surface area contributed by atoms with Gasteiger partial charge in [0.1, 0.15) is 0 Å². The van der Waals surface area contributed by atoms with Gasteiger partial charge in [-0.25, -0.2) is 0 Å². The Hall–Kier alpha value is -1.95. The molecule has 0 atom stereocenters. The molecule has 1 aliphatic heterocycles. The summed E-state index contributed by atoms with van der Waals surface area (Å²) in [4.78, 5) is 23.7. The molecule has 1 aliphatic rings. The highest BCUT2D eigenvalue weighted by Crippen LogP contribution is 2.27. The molecule has 6 heteroatoms. The fourth-order valence-corrected chi connectivity index (χ4v) is 2.37.